The van der Waals surface area contributed by atoms with Gasteiger partial charge >= 0.3 is 0 Å². The van der Waals surface area contributed by atoms with E-state index in [9.17, 15) is 4.79 Å². The van der Waals surface area contributed by atoms with Gasteiger partial charge in [0.2, 0.25) is 0 Å². The third kappa shape index (κ3) is 3.00. The zero-order chi connectivity index (χ0) is 13.6. The molecule has 100 valence electrons. The van der Waals surface area contributed by atoms with Crippen LogP contribution in [0.15, 0.2) is 18.3 Å². The standard InChI is InChI=1S/C14H23N3O/c1-5-14(6-2,7-3)17-13(18)11-9-8-10-16-12(11)15-4/h8-10H,5-7H2,1-4H3,(H,15,16)(H,17,18). The molecule has 0 aromatic carbocycles. The number of nitrogens with one attached hydrogen (secondary N) is 2. The van der Waals surface area contributed by atoms with Crippen LogP contribution in [0.3, 0.4) is 0 Å². The van der Waals surface area contributed by atoms with Crippen molar-refractivity contribution in [1.29, 1.82) is 0 Å². The second-order valence-corrected chi connectivity index (χ2v) is 4.44. The number of hydrogen-bond donors (Lipinski definition) is 2. The molecule has 4 heteroatoms. The van der Waals surface area contributed by atoms with Crippen molar-refractivity contribution in [3.8, 4) is 0 Å². The lowest BCUT2D eigenvalue weighted by molar-refractivity contribution is 0.0889. The number of carbonyl (C=O) groups excluding carboxylic acids is 1. The summed E-state index contributed by atoms with van der Waals surface area (Å²) in [6.45, 7) is 6.32. The molecule has 4 nitrogen and oxygen atoms in total. The average Bonchev–Trinajstić information content (AvgIpc) is 2.44. The van der Waals surface area contributed by atoms with Crippen molar-refractivity contribution in [2.75, 3.05) is 12.4 Å². The second-order valence-electron chi connectivity index (χ2n) is 4.44. The van der Waals surface area contributed by atoms with E-state index in [4.69, 9.17) is 0 Å². The van der Waals surface area contributed by atoms with Gasteiger partial charge in [-0.3, -0.25) is 4.79 Å². The quantitative estimate of drug-likeness (QED) is 0.815. The van der Waals surface area contributed by atoms with Crippen LogP contribution in [0.5, 0.6) is 0 Å². The first-order valence-corrected chi connectivity index (χ1v) is 6.57. The Hall–Kier alpha value is -1.58. The third-order valence-electron chi connectivity index (χ3n) is 3.70. The van der Waals surface area contributed by atoms with Crippen LogP contribution in [-0.2, 0) is 0 Å². The highest BCUT2D eigenvalue weighted by Crippen LogP contribution is 2.21. The molecule has 1 aromatic rings. The number of pyridine rings is 1. The van der Waals surface area contributed by atoms with E-state index in [1.54, 1.807) is 25.4 Å². The third-order valence-corrected chi connectivity index (χ3v) is 3.70. The van der Waals surface area contributed by atoms with E-state index in [2.05, 4.69) is 36.4 Å². The normalized spacial score (nSPS) is 11.1. The smallest absolute Gasteiger partial charge is 0.255 e. The van der Waals surface area contributed by atoms with Crippen LogP contribution in [0.4, 0.5) is 5.82 Å². The molecule has 0 bridgehead atoms. The molecular weight excluding hydrogens is 226 g/mol. The van der Waals surface area contributed by atoms with E-state index in [-0.39, 0.29) is 11.4 Å². The number of hydrogen-bond acceptors (Lipinski definition) is 3. The highest BCUT2D eigenvalue weighted by atomic mass is 16.1. The molecule has 0 saturated heterocycles. The van der Waals surface area contributed by atoms with Gasteiger partial charge in [0.1, 0.15) is 5.82 Å². The maximum Gasteiger partial charge on any atom is 0.255 e. The summed E-state index contributed by atoms with van der Waals surface area (Å²) in [5, 5.41) is 6.10. The second kappa shape index (κ2) is 6.38. The summed E-state index contributed by atoms with van der Waals surface area (Å²) in [7, 11) is 1.77. The minimum Gasteiger partial charge on any atom is -0.372 e. The fourth-order valence-corrected chi connectivity index (χ4v) is 2.11. The zero-order valence-electron chi connectivity index (χ0n) is 11.7. The minimum atomic E-state index is -0.113. The van der Waals surface area contributed by atoms with Gasteiger partial charge in [0.25, 0.3) is 5.91 Å². The maximum absolute atomic E-state index is 12.3. The van der Waals surface area contributed by atoms with Crippen LogP contribution < -0.4 is 10.6 Å². The first-order valence-electron chi connectivity index (χ1n) is 6.57. The first kappa shape index (κ1) is 14.5. The largest absolute Gasteiger partial charge is 0.372 e. The average molecular weight is 249 g/mol. The number of aromatic nitrogens is 1. The molecule has 0 unspecified atom stereocenters. The predicted molar refractivity (Wildman–Crippen MR) is 74.9 cm³/mol. The highest BCUT2D eigenvalue weighted by Gasteiger charge is 2.27. The number of anilines is 1. The Labute approximate surface area is 109 Å². The van der Waals surface area contributed by atoms with Crippen LogP contribution in [0.2, 0.25) is 0 Å². The lowest BCUT2D eigenvalue weighted by Crippen LogP contribution is -2.47. The van der Waals surface area contributed by atoms with Crippen molar-refractivity contribution in [3.05, 3.63) is 23.9 Å². The molecule has 0 atom stereocenters. The van der Waals surface area contributed by atoms with E-state index < -0.39 is 0 Å². The van der Waals surface area contributed by atoms with Gasteiger partial charge in [-0.15, -0.1) is 0 Å². The lowest BCUT2D eigenvalue weighted by atomic mass is 9.89. The topological polar surface area (TPSA) is 54.0 Å². The van der Waals surface area contributed by atoms with Gasteiger partial charge in [-0.05, 0) is 31.4 Å². The van der Waals surface area contributed by atoms with Gasteiger partial charge in [-0.2, -0.15) is 0 Å². The predicted octanol–water partition coefficient (Wildman–Crippen LogP) is 2.82. The Morgan fingerprint density at radius 2 is 1.89 bits per heavy atom. The summed E-state index contributed by atoms with van der Waals surface area (Å²) in [6.07, 6.45) is 4.47. The molecule has 0 aliphatic heterocycles. The van der Waals surface area contributed by atoms with Gasteiger partial charge in [-0.25, -0.2) is 4.98 Å². The van der Waals surface area contributed by atoms with E-state index in [0.29, 0.717) is 11.4 Å². The van der Waals surface area contributed by atoms with Crippen LogP contribution in [0.1, 0.15) is 50.4 Å². The molecule has 1 rings (SSSR count). The van der Waals surface area contributed by atoms with Crippen LogP contribution in [0.25, 0.3) is 0 Å². The lowest BCUT2D eigenvalue weighted by Gasteiger charge is -2.32. The van der Waals surface area contributed by atoms with Crippen molar-refractivity contribution in [2.45, 2.75) is 45.6 Å². The molecule has 0 spiro atoms. The first-order chi connectivity index (χ1) is 8.62. The van der Waals surface area contributed by atoms with Gasteiger partial charge in [0.15, 0.2) is 0 Å². The number of nitrogens with zero attached hydrogens (tertiary/aromatic N) is 1. The Kier molecular flexibility index (Phi) is 5.13. The summed E-state index contributed by atoms with van der Waals surface area (Å²) < 4.78 is 0. The van der Waals surface area contributed by atoms with E-state index in [1.165, 1.54) is 0 Å². The van der Waals surface area contributed by atoms with Crippen LogP contribution in [-0.4, -0.2) is 23.5 Å². The summed E-state index contributed by atoms with van der Waals surface area (Å²) in [4.78, 5) is 16.5. The van der Waals surface area contributed by atoms with E-state index in [1.807, 2.05) is 0 Å². The Morgan fingerprint density at radius 1 is 1.28 bits per heavy atom. The molecule has 2 N–H and O–H groups in total. The summed E-state index contributed by atoms with van der Waals surface area (Å²) in [6, 6.07) is 3.57. The van der Waals surface area contributed by atoms with Gasteiger partial charge in [-0.1, -0.05) is 20.8 Å². The van der Waals surface area contributed by atoms with Crippen molar-refractivity contribution >= 4 is 11.7 Å². The fraction of sp³-hybridized carbons (Fsp3) is 0.571. The molecule has 0 aliphatic rings. The molecular formula is C14H23N3O. The molecule has 0 fully saturated rings. The van der Waals surface area contributed by atoms with Gasteiger partial charge in [0.05, 0.1) is 5.56 Å². The molecule has 0 radical (unpaired) electrons. The summed E-state index contributed by atoms with van der Waals surface area (Å²) >= 11 is 0. The van der Waals surface area contributed by atoms with Crippen molar-refractivity contribution in [1.82, 2.24) is 10.3 Å². The molecule has 0 saturated carbocycles. The summed E-state index contributed by atoms with van der Waals surface area (Å²) in [5.41, 5.74) is 0.484. The van der Waals surface area contributed by atoms with Crippen LogP contribution in [0, 0.1) is 0 Å². The van der Waals surface area contributed by atoms with Crippen LogP contribution >= 0.6 is 0 Å². The van der Waals surface area contributed by atoms with Gasteiger partial charge < -0.3 is 10.6 Å². The zero-order valence-corrected chi connectivity index (χ0v) is 11.7. The van der Waals surface area contributed by atoms with Gasteiger partial charge in [0, 0.05) is 18.8 Å². The Morgan fingerprint density at radius 3 is 2.39 bits per heavy atom. The Balaban J connectivity index is 2.94. The monoisotopic (exact) mass is 249 g/mol. The Bertz CT molecular complexity index is 392. The van der Waals surface area contributed by atoms with E-state index in [0.717, 1.165) is 19.3 Å². The van der Waals surface area contributed by atoms with Crippen molar-refractivity contribution in [3.63, 3.8) is 0 Å². The number of rotatable bonds is 6. The fourth-order valence-electron chi connectivity index (χ4n) is 2.11. The van der Waals surface area contributed by atoms with Crippen molar-refractivity contribution < 1.29 is 4.79 Å². The number of carbonyl (C=O) groups is 1. The minimum absolute atomic E-state index is 0.0574. The molecule has 0 aliphatic carbocycles. The summed E-state index contributed by atoms with van der Waals surface area (Å²) in [5.74, 6) is 0.560. The molecule has 1 amide bonds. The SMILES string of the molecule is CCC(CC)(CC)NC(=O)c1cccnc1NC. The highest BCUT2D eigenvalue weighted by molar-refractivity contribution is 5.99. The number of amides is 1. The van der Waals surface area contributed by atoms with E-state index >= 15 is 0 Å². The maximum atomic E-state index is 12.3. The molecule has 1 aromatic heterocycles. The van der Waals surface area contributed by atoms with Crippen molar-refractivity contribution in [2.24, 2.45) is 0 Å². The molecule has 18 heavy (non-hydrogen) atoms. The molecule has 1 heterocycles.